The first-order chi connectivity index (χ1) is 19.0. The number of ketones is 1. The Labute approximate surface area is 229 Å². The van der Waals surface area contributed by atoms with Crippen LogP contribution in [-0.4, -0.2) is 51.7 Å². The lowest BCUT2D eigenvalue weighted by Crippen LogP contribution is -2.20. The molecule has 0 saturated carbocycles. The third-order valence-corrected chi connectivity index (χ3v) is 5.75. The molecule has 0 aliphatic heterocycles. The zero-order valence-electron chi connectivity index (χ0n) is 22.6. The van der Waals surface area contributed by atoms with Crippen molar-refractivity contribution in [1.29, 1.82) is 0 Å². The lowest BCUT2D eigenvalue weighted by molar-refractivity contribution is -0.274. The quantitative estimate of drug-likeness (QED) is 0.189. The summed E-state index contributed by atoms with van der Waals surface area (Å²) in [4.78, 5) is 12.7. The minimum absolute atomic E-state index is 0.0227. The fourth-order valence-electron chi connectivity index (χ4n) is 4.00. The monoisotopic (exact) mass is 561 g/mol. The van der Waals surface area contributed by atoms with E-state index in [0.717, 1.165) is 17.7 Å². The van der Waals surface area contributed by atoms with Crippen LogP contribution in [0.2, 0.25) is 0 Å². The standard InChI is InChI=1S/C29H30F3NO7/c1-17(12-23(34)20-8-10-21(11-9-20)40-29(30,31)32)33-22-13-18(14-24(35)27(22)38-4)6-7-19-15-25(36-2)28(39-5)26(16-19)37-3/h6-11,13-17,33,35H,12H2,1-5H3/b7-6-. The highest BCUT2D eigenvalue weighted by atomic mass is 19.4. The number of phenolic OH excluding ortho intramolecular Hbond substituents is 1. The molecule has 214 valence electrons. The molecule has 8 nitrogen and oxygen atoms in total. The van der Waals surface area contributed by atoms with Crippen molar-refractivity contribution in [1.82, 2.24) is 0 Å². The summed E-state index contributed by atoms with van der Waals surface area (Å²) in [5.74, 6) is 0.815. The van der Waals surface area contributed by atoms with Gasteiger partial charge in [0, 0.05) is 18.0 Å². The number of hydrogen-bond donors (Lipinski definition) is 2. The Bertz CT molecular complexity index is 1330. The normalized spacial score (nSPS) is 12.1. The zero-order valence-corrected chi connectivity index (χ0v) is 22.6. The number of Topliss-reactive ketones (excluding diaryl/α,β-unsaturated/α-hetero) is 1. The number of carbonyl (C=O) groups is 1. The third kappa shape index (κ3) is 7.75. The first kappa shape index (κ1) is 30.0. The SMILES string of the molecule is COc1cc(/C=C\c2cc(O)c(OC)c(NC(C)CC(=O)c3ccc(OC(F)(F)F)cc3)c2)cc(OC)c1OC. The van der Waals surface area contributed by atoms with Crippen LogP contribution < -0.4 is 29.0 Å². The minimum atomic E-state index is -4.81. The molecule has 0 fully saturated rings. The van der Waals surface area contributed by atoms with Gasteiger partial charge in [0.25, 0.3) is 0 Å². The maximum absolute atomic E-state index is 12.7. The van der Waals surface area contributed by atoms with Crippen LogP contribution >= 0.6 is 0 Å². The van der Waals surface area contributed by atoms with E-state index in [1.807, 2.05) is 0 Å². The number of ether oxygens (including phenoxy) is 5. The lowest BCUT2D eigenvalue weighted by atomic mass is 10.0. The molecule has 40 heavy (non-hydrogen) atoms. The van der Waals surface area contributed by atoms with Gasteiger partial charge in [-0.3, -0.25) is 4.79 Å². The van der Waals surface area contributed by atoms with Gasteiger partial charge in [-0.05, 0) is 66.6 Å². The second-order valence-electron chi connectivity index (χ2n) is 8.66. The molecule has 2 N–H and O–H groups in total. The van der Waals surface area contributed by atoms with Crippen LogP contribution in [0.25, 0.3) is 12.2 Å². The molecule has 1 atom stereocenters. The van der Waals surface area contributed by atoms with Crippen LogP contribution in [0.5, 0.6) is 34.5 Å². The average molecular weight is 562 g/mol. The molecule has 0 saturated heterocycles. The number of hydrogen-bond acceptors (Lipinski definition) is 8. The van der Waals surface area contributed by atoms with E-state index in [2.05, 4.69) is 10.1 Å². The first-order valence-corrected chi connectivity index (χ1v) is 12.0. The molecule has 0 bridgehead atoms. The van der Waals surface area contributed by atoms with E-state index in [1.54, 1.807) is 37.3 Å². The second kappa shape index (κ2) is 13.0. The third-order valence-electron chi connectivity index (χ3n) is 5.75. The maximum Gasteiger partial charge on any atom is 0.573 e. The topological polar surface area (TPSA) is 95.5 Å². The Morgan fingerprint density at radius 1 is 0.875 bits per heavy atom. The number of aromatic hydroxyl groups is 1. The molecule has 3 aromatic rings. The molecular formula is C29H30F3NO7. The van der Waals surface area contributed by atoms with E-state index < -0.39 is 18.2 Å². The number of alkyl halides is 3. The van der Waals surface area contributed by atoms with Crippen molar-refractivity contribution in [3.8, 4) is 34.5 Å². The predicted octanol–water partition coefficient (Wildman–Crippen LogP) is 6.57. The largest absolute Gasteiger partial charge is 0.573 e. The Hall–Kier alpha value is -4.54. The highest BCUT2D eigenvalue weighted by molar-refractivity contribution is 5.96. The van der Waals surface area contributed by atoms with Crippen LogP contribution in [0.1, 0.15) is 34.8 Å². The van der Waals surface area contributed by atoms with Crippen LogP contribution in [0.4, 0.5) is 18.9 Å². The second-order valence-corrected chi connectivity index (χ2v) is 8.66. The fourth-order valence-corrected chi connectivity index (χ4v) is 4.00. The number of nitrogens with one attached hydrogen (secondary N) is 1. The summed E-state index contributed by atoms with van der Waals surface area (Å²) in [6, 6.07) is 11.1. The van der Waals surface area contributed by atoms with Gasteiger partial charge in [0.1, 0.15) is 5.75 Å². The smallest absolute Gasteiger partial charge is 0.504 e. The number of halogens is 3. The summed E-state index contributed by atoms with van der Waals surface area (Å²) < 4.78 is 62.4. The molecule has 0 aromatic heterocycles. The summed E-state index contributed by atoms with van der Waals surface area (Å²) in [5.41, 5.74) is 2.07. The number of carbonyl (C=O) groups excluding carboxylic acids is 1. The van der Waals surface area contributed by atoms with Crippen LogP contribution in [0.3, 0.4) is 0 Å². The Morgan fingerprint density at radius 3 is 1.93 bits per heavy atom. The van der Waals surface area contributed by atoms with Crippen molar-refractivity contribution in [3.05, 3.63) is 65.2 Å². The molecule has 0 aliphatic carbocycles. The van der Waals surface area contributed by atoms with Crippen LogP contribution in [0, 0.1) is 0 Å². The highest BCUT2D eigenvalue weighted by Crippen LogP contribution is 2.40. The van der Waals surface area contributed by atoms with Gasteiger partial charge in [0.2, 0.25) is 5.75 Å². The molecule has 11 heteroatoms. The van der Waals surface area contributed by atoms with E-state index in [-0.39, 0.29) is 29.3 Å². The van der Waals surface area contributed by atoms with Gasteiger partial charge in [0.05, 0.1) is 34.1 Å². The minimum Gasteiger partial charge on any atom is -0.504 e. The van der Waals surface area contributed by atoms with Crippen molar-refractivity contribution in [3.63, 3.8) is 0 Å². The van der Waals surface area contributed by atoms with Crippen molar-refractivity contribution in [2.75, 3.05) is 33.8 Å². The molecule has 1 unspecified atom stereocenters. The number of methoxy groups -OCH3 is 4. The summed E-state index contributed by atoms with van der Waals surface area (Å²) in [6.07, 6.45) is -1.22. The summed E-state index contributed by atoms with van der Waals surface area (Å²) >= 11 is 0. The summed E-state index contributed by atoms with van der Waals surface area (Å²) in [6.45, 7) is 1.76. The van der Waals surface area contributed by atoms with Gasteiger partial charge >= 0.3 is 6.36 Å². The van der Waals surface area contributed by atoms with Crippen LogP contribution in [0.15, 0.2) is 48.5 Å². The van der Waals surface area contributed by atoms with E-state index in [1.165, 1.54) is 46.6 Å². The lowest BCUT2D eigenvalue weighted by Gasteiger charge is -2.18. The average Bonchev–Trinajstić information content (AvgIpc) is 2.90. The van der Waals surface area contributed by atoms with E-state index >= 15 is 0 Å². The van der Waals surface area contributed by atoms with E-state index in [0.29, 0.717) is 28.5 Å². The van der Waals surface area contributed by atoms with Crippen molar-refractivity contribution >= 4 is 23.6 Å². The fraction of sp³-hybridized carbons (Fsp3) is 0.276. The van der Waals surface area contributed by atoms with Gasteiger partial charge in [-0.15, -0.1) is 13.2 Å². The molecule has 0 heterocycles. The van der Waals surface area contributed by atoms with Gasteiger partial charge in [-0.25, -0.2) is 0 Å². The van der Waals surface area contributed by atoms with Gasteiger partial charge in [0.15, 0.2) is 28.8 Å². The summed E-state index contributed by atoms with van der Waals surface area (Å²) in [5, 5.41) is 13.7. The Morgan fingerprint density at radius 2 is 1.43 bits per heavy atom. The van der Waals surface area contributed by atoms with Gasteiger partial charge in [-0.2, -0.15) is 0 Å². The Balaban J connectivity index is 1.78. The number of anilines is 1. The van der Waals surface area contributed by atoms with Gasteiger partial charge in [-0.1, -0.05) is 12.2 Å². The molecule has 0 aliphatic rings. The van der Waals surface area contributed by atoms with E-state index in [9.17, 15) is 23.1 Å². The van der Waals surface area contributed by atoms with Crippen molar-refractivity contribution in [2.24, 2.45) is 0 Å². The first-order valence-electron chi connectivity index (χ1n) is 12.0. The van der Waals surface area contributed by atoms with Gasteiger partial charge < -0.3 is 34.1 Å². The Kier molecular flexibility index (Phi) is 9.76. The number of benzene rings is 3. The maximum atomic E-state index is 12.7. The van der Waals surface area contributed by atoms with Crippen molar-refractivity contribution in [2.45, 2.75) is 25.7 Å². The molecular weight excluding hydrogens is 531 g/mol. The molecule has 0 spiro atoms. The molecule has 3 aromatic carbocycles. The highest BCUT2D eigenvalue weighted by Gasteiger charge is 2.31. The molecule has 0 amide bonds. The summed E-state index contributed by atoms with van der Waals surface area (Å²) in [7, 11) is 5.97. The zero-order chi connectivity index (χ0) is 29.4. The van der Waals surface area contributed by atoms with Crippen molar-refractivity contribution < 1.29 is 46.8 Å². The van der Waals surface area contributed by atoms with E-state index in [4.69, 9.17) is 18.9 Å². The predicted molar refractivity (Wildman–Crippen MR) is 145 cm³/mol. The number of rotatable bonds is 12. The molecule has 0 radical (unpaired) electrons. The number of phenols is 1. The molecule has 3 rings (SSSR count). The van der Waals surface area contributed by atoms with Crippen LogP contribution in [-0.2, 0) is 0 Å².